The molecule has 0 radical (unpaired) electrons. The predicted molar refractivity (Wildman–Crippen MR) is 91.2 cm³/mol. The zero-order valence-corrected chi connectivity index (χ0v) is 14.0. The van der Waals surface area contributed by atoms with Gasteiger partial charge < -0.3 is 10.1 Å². The van der Waals surface area contributed by atoms with E-state index < -0.39 is 0 Å². The first-order chi connectivity index (χ1) is 10.2. The summed E-state index contributed by atoms with van der Waals surface area (Å²) in [5.74, 6) is 0.986. The lowest BCUT2D eigenvalue weighted by Crippen LogP contribution is -2.19. The maximum atomic E-state index is 6.05. The summed E-state index contributed by atoms with van der Waals surface area (Å²) >= 11 is 1.84. The molecule has 0 saturated carbocycles. The van der Waals surface area contributed by atoms with Crippen LogP contribution in [0.4, 0.5) is 0 Å². The smallest absolute Gasteiger partial charge is 0.124 e. The minimum absolute atomic E-state index is 0.315. The minimum Gasteiger partial charge on any atom is -0.488 e. The zero-order valence-electron chi connectivity index (χ0n) is 13.2. The molecule has 0 bridgehead atoms. The summed E-state index contributed by atoms with van der Waals surface area (Å²) in [4.78, 5) is 2.70. The number of ether oxygens (including phenoxy) is 1. The number of aryl methyl sites for hydroxylation is 1. The van der Waals surface area contributed by atoms with Gasteiger partial charge in [0.2, 0.25) is 0 Å². The molecule has 0 amide bonds. The number of nitrogens with one attached hydrogen (secondary N) is 1. The van der Waals surface area contributed by atoms with Gasteiger partial charge in [0, 0.05) is 21.4 Å². The third kappa shape index (κ3) is 4.58. The summed E-state index contributed by atoms with van der Waals surface area (Å²) in [5, 5.41) is 3.52. The van der Waals surface area contributed by atoms with Gasteiger partial charge in [0.1, 0.15) is 12.4 Å². The highest BCUT2D eigenvalue weighted by atomic mass is 32.1. The molecule has 1 heterocycles. The molecule has 0 aliphatic heterocycles. The van der Waals surface area contributed by atoms with E-state index >= 15 is 0 Å². The number of thiophene rings is 1. The quantitative estimate of drug-likeness (QED) is 0.745. The van der Waals surface area contributed by atoms with Crippen molar-refractivity contribution >= 4 is 11.3 Å². The van der Waals surface area contributed by atoms with Crippen LogP contribution in [-0.2, 0) is 13.0 Å². The Morgan fingerprint density at radius 3 is 2.57 bits per heavy atom. The van der Waals surface area contributed by atoms with Crippen LogP contribution < -0.4 is 10.1 Å². The van der Waals surface area contributed by atoms with E-state index in [4.69, 9.17) is 4.74 Å². The Morgan fingerprint density at radius 2 is 1.86 bits per heavy atom. The van der Waals surface area contributed by atoms with Crippen molar-refractivity contribution in [2.24, 2.45) is 0 Å². The minimum atomic E-state index is 0.315. The van der Waals surface area contributed by atoms with Gasteiger partial charge in [0.05, 0.1) is 0 Å². The van der Waals surface area contributed by atoms with Crippen molar-refractivity contribution in [1.82, 2.24) is 5.32 Å². The fourth-order valence-electron chi connectivity index (χ4n) is 2.28. The van der Waals surface area contributed by atoms with Crippen LogP contribution in [0.25, 0.3) is 0 Å². The van der Waals surface area contributed by atoms with Crippen LogP contribution in [0, 0.1) is 0 Å². The molecule has 0 saturated heterocycles. The number of benzene rings is 1. The van der Waals surface area contributed by atoms with Crippen LogP contribution in [0.3, 0.4) is 0 Å². The molecule has 2 nitrogen and oxygen atoms in total. The summed E-state index contributed by atoms with van der Waals surface area (Å²) in [6.07, 6.45) is 2.24. The largest absolute Gasteiger partial charge is 0.488 e. The molecule has 114 valence electrons. The number of para-hydroxylation sites is 1. The van der Waals surface area contributed by atoms with Crippen LogP contribution in [0.5, 0.6) is 5.75 Å². The molecule has 3 heteroatoms. The van der Waals surface area contributed by atoms with E-state index in [9.17, 15) is 0 Å². The third-order valence-corrected chi connectivity index (χ3v) is 4.72. The second-order valence-corrected chi connectivity index (χ2v) is 6.48. The lowest BCUT2D eigenvalue weighted by atomic mass is 10.1. The summed E-state index contributed by atoms with van der Waals surface area (Å²) in [5.41, 5.74) is 1.23. The normalized spacial score (nSPS) is 12.3. The molecule has 1 N–H and O–H groups in total. The van der Waals surface area contributed by atoms with E-state index in [1.165, 1.54) is 15.3 Å². The van der Waals surface area contributed by atoms with Crippen molar-refractivity contribution in [3.05, 3.63) is 51.7 Å². The Labute approximate surface area is 132 Å². The number of hydrogen-bond acceptors (Lipinski definition) is 3. The maximum absolute atomic E-state index is 6.05. The van der Waals surface area contributed by atoms with Crippen molar-refractivity contribution in [3.8, 4) is 5.75 Å². The molecule has 1 atom stereocenters. The average molecular weight is 303 g/mol. The van der Waals surface area contributed by atoms with Crippen LogP contribution in [0.15, 0.2) is 36.4 Å². The second-order valence-electron chi connectivity index (χ2n) is 5.22. The molecule has 0 aliphatic carbocycles. The number of rotatable bonds is 8. The third-order valence-electron chi connectivity index (χ3n) is 3.52. The van der Waals surface area contributed by atoms with E-state index in [1.807, 2.05) is 17.4 Å². The fourth-order valence-corrected chi connectivity index (χ4v) is 3.15. The Bertz CT molecular complexity index is 550. The molecular formula is C18H25NOS. The molecule has 2 aromatic rings. The lowest BCUT2D eigenvalue weighted by Gasteiger charge is -2.17. The number of hydrogen-bond donors (Lipinski definition) is 1. The van der Waals surface area contributed by atoms with Crippen molar-refractivity contribution in [2.45, 2.75) is 46.3 Å². The van der Waals surface area contributed by atoms with E-state index in [-0.39, 0.29) is 0 Å². The standard InChI is InChI=1S/C18H25NOS/c1-4-12-19-14(3)17-8-6-7-9-18(17)20-13-16-11-10-15(5-2)21-16/h6-11,14,19H,4-5,12-13H2,1-3H3. The van der Waals surface area contributed by atoms with Gasteiger partial charge in [-0.15, -0.1) is 11.3 Å². The highest BCUT2D eigenvalue weighted by Crippen LogP contribution is 2.26. The van der Waals surface area contributed by atoms with Crippen LogP contribution in [-0.4, -0.2) is 6.54 Å². The first-order valence-corrected chi connectivity index (χ1v) is 8.59. The maximum Gasteiger partial charge on any atom is 0.124 e. The van der Waals surface area contributed by atoms with Gasteiger partial charge in [-0.3, -0.25) is 0 Å². The first kappa shape index (κ1) is 16.1. The predicted octanol–water partition coefficient (Wildman–Crippen LogP) is 4.95. The first-order valence-electron chi connectivity index (χ1n) is 7.77. The molecule has 2 rings (SSSR count). The fraction of sp³-hybridized carbons (Fsp3) is 0.444. The van der Waals surface area contributed by atoms with Crippen molar-refractivity contribution < 1.29 is 4.74 Å². The van der Waals surface area contributed by atoms with Gasteiger partial charge in [-0.1, -0.05) is 32.0 Å². The van der Waals surface area contributed by atoms with Crippen molar-refractivity contribution in [1.29, 1.82) is 0 Å². The van der Waals surface area contributed by atoms with Crippen LogP contribution >= 0.6 is 11.3 Å². The Morgan fingerprint density at radius 1 is 1.10 bits per heavy atom. The lowest BCUT2D eigenvalue weighted by molar-refractivity contribution is 0.303. The van der Waals surface area contributed by atoms with Crippen LogP contribution in [0.2, 0.25) is 0 Å². The summed E-state index contributed by atoms with van der Waals surface area (Å²) < 4.78 is 6.05. The molecule has 1 aromatic heterocycles. The molecule has 1 unspecified atom stereocenters. The van der Waals surface area contributed by atoms with Gasteiger partial charge in [-0.2, -0.15) is 0 Å². The molecular weight excluding hydrogens is 278 g/mol. The average Bonchev–Trinajstić information content (AvgIpc) is 2.99. The van der Waals surface area contributed by atoms with E-state index in [0.29, 0.717) is 12.6 Å². The monoisotopic (exact) mass is 303 g/mol. The van der Waals surface area contributed by atoms with Gasteiger partial charge in [0.15, 0.2) is 0 Å². The summed E-state index contributed by atoms with van der Waals surface area (Å²) in [7, 11) is 0. The van der Waals surface area contributed by atoms with E-state index in [1.54, 1.807) is 0 Å². The molecule has 1 aromatic carbocycles. The second kappa shape index (κ2) is 8.20. The van der Waals surface area contributed by atoms with E-state index in [0.717, 1.165) is 25.1 Å². The topological polar surface area (TPSA) is 21.3 Å². The van der Waals surface area contributed by atoms with Gasteiger partial charge in [0.25, 0.3) is 0 Å². The van der Waals surface area contributed by atoms with Crippen molar-refractivity contribution in [2.75, 3.05) is 6.54 Å². The van der Waals surface area contributed by atoms with Crippen molar-refractivity contribution in [3.63, 3.8) is 0 Å². The van der Waals surface area contributed by atoms with E-state index in [2.05, 4.69) is 56.4 Å². The highest BCUT2D eigenvalue weighted by Gasteiger charge is 2.10. The Hall–Kier alpha value is -1.32. The van der Waals surface area contributed by atoms with Gasteiger partial charge in [-0.05, 0) is 44.5 Å². The Balaban J connectivity index is 2.02. The molecule has 0 fully saturated rings. The van der Waals surface area contributed by atoms with Crippen LogP contribution in [0.1, 0.15) is 48.6 Å². The molecule has 0 aliphatic rings. The zero-order chi connectivity index (χ0) is 15.1. The summed E-state index contributed by atoms with van der Waals surface area (Å²) in [6.45, 7) is 8.25. The van der Waals surface area contributed by atoms with Gasteiger partial charge >= 0.3 is 0 Å². The molecule has 0 spiro atoms. The Kier molecular flexibility index (Phi) is 6.27. The summed E-state index contributed by atoms with van der Waals surface area (Å²) in [6, 6.07) is 13.0. The highest BCUT2D eigenvalue weighted by molar-refractivity contribution is 7.11. The SMILES string of the molecule is CCCNC(C)c1ccccc1OCc1ccc(CC)s1. The van der Waals surface area contributed by atoms with Gasteiger partial charge in [-0.25, -0.2) is 0 Å². The molecule has 21 heavy (non-hydrogen) atoms.